The largest absolute Gasteiger partial charge is 0.480 e. The molecule has 0 heterocycles. The zero-order valence-corrected chi connectivity index (χ0v) is 17.2. The molecule has 146 valence electrons. The predicted octanol–water partition coefficient (Wildman–Crippen LogP) is 3.91. The number of carbonyl (C=O) groups is 1. The SMILES string of the molecule is Cc1cc(C)c(S(=O)(=O)N(Cc2ccccc2)[C@H](C(=O)O)C(C)C)c(C)c1. The molecule has 2 aromatic carbocycles. The van der Waals surface area contributed by atoms with E-state index >= 15 is 0 Å². The van der Waals surface area contributed by atoms with Crippen LogP contribution in [-0.2, 0) is 21.4 Å². The Hall–Kier alpha value is -2.18. The van der Waals surface area contributed by atoms with Gasteiger partial charge in [-0.3, -0.25) is 4.79 Å². The van der Waals surface area contributed by atoms with E-state index in [9.17, 15) is 18.3 Å². The number of sulfonamides is 1. The fraction of sp³-hybridized carbons (Fsp3) is 0.381. The van der Waals surface area contributed by atoms with Crippen LogP contribution in [0.4, 0.5) is 0 Å². The van der Waals surface area contributed by atoms with Gasteiger partial charge < -0.3 is 5.11 Å². The second-order valence-electron chi connectivity index (χ2n) is 7.29. The Morgan fingerprint density at radius 3 is 2.00 bits per heavy atom. The van der Waals surface area contributed by atoms with Crippen LogP contribution in [0.3, 0.4) is 0 Å². The van der Waals surface area contributed by atoms with Crippen molar-refractivity contribution >= 4 is 16.0 Å². The summed E-state index contributed by atoms with van der Waals surface area (Å²) >= 11 is 0. The minimum Gasteiger partial charge on any atom is -0.480 e. The van der Waals surface area contributed by atoms with E-state index in [0.29, 0.717) is 11.1 Å². The highest BCUT2D eigenvalue weighted by Crippen LogP contribution is 2.29. The van der Waals surface area contributed by atoms with E-state index in [-0.39, 0.29) is 17.4 Å². The lowest BCUT2D eigenvalue weighted by Gasteiger charge is -2.31. The molecule has 0 aliphatic heterocycles. The second kappa shape index (κ2) is 8.23. The molecule has 0 spiro atoms. The van der Waals surface area contributed by atoms with Gasteiger partial charge >= 0.3 is 5.97 Å². The Morgan fingerprint density at radius 2 is 1.56 bits per heavy atom. The molecule has 0 unspecified atom stereocenters. The first kappa shape index (κ1) is 21.1. The van der Waals surface area contributed by atoms with Crippen LogP contribution in [0.5, 0.6) is 0 Å². The molecule has 0 aliphatic carbocycles. The summed E-state index contributed by atoms with van der Waals surface area (Å²) in [4.78, 5) is 12.2. The van der Waals surface area contributed by atoms with Crippen LogP contribution in [0.25, 0.3) is 0 Å². The highest BCUT2D eigenvalue weighted by molar-refractivity contribution is 7.89. The van der Waals surface area contributed by atoms with Crippen molar-refractivity contribution in [1.29, 1.82) is 0 Å². The van der Waals surface area contributed by atoms with Crippen molar-refractivity contribution in [2.24, 2.45) is 5.92 Å². The molecule has 0 saturated heterocycles. The van der Waals surface area contributed by atoms with Crippen LogP contribution in [-0.4, -0.2) is 29.8 Å². The third-order valence-electron chi connectivity index (χ3n) is 4.55. The number of carboxylic acids is 1. The van der Waals surface area contributed by atoms with Crippen molar-refractivity contribution in [3.8, 4) is 0 Å². The Bertz CT molecular complexity index is 897. The topological polar surface area (TPSA) is 74.7 Å². The quantitative estimate of drug-likeness (QED) is 0.779. The van der Waals surface area contributed by atoms with Crippen LogP contribution in [0.2, 0.25) is 0 Å². The van der Waals surface area contributed by atoms with Gasteiger partial charge in [0.2, 0.25) is 10.0 Å². The first-order chi connectivity index (χ1) is 12.6. The molecule has 6 heteroatoms. The average molecular weight is 390 g/mol. The second-order valence-corrected chi connectivity index (χ2v) is 9.12. The summed E-state index contributed by atoms with van der Waals surface area (Å²) in [5.74, 6) is -1.53. The average Bonchev–Trinajstić information content (AvgIpc) is 2.53. The summed E-state index contributed by atoms with van der Waals surface area (Å²) in [6.45, 7) is 8.86. The Kier molecular flexibility index (Phi) is 6.44. The van der Waals surface area contributed by atoms with Crippen molar-refractivity contribution in [2.75, 3.05) is 0 Å². The Morgan fingerprint density at radius 1 is 1.04 bits per heavy atom. The lowest BCUT2D eigenvalue weighted by Crippen LogP contribution is -2.47. The van der Waals surface area contributed by atoms with Crippen LogP contribution < -0.4 is 0 Å². The van der Waals surface area contributed by atoms with Crippen LogP contribution in [0, 0.1) is 26.7 Å². The van der Waals surface area contributed by atoms with Gasteiger partial charge in [0.05, 0.1) is 4.90 Å². The van der Waals surface area contributed by atoms with Crippen molar-refractivity contribution in [3.05, 3.63) is 64.7 Å². The zero-order valence-electron chi connectivity index (χ0n) is 16.4. The van der Waals surface area contributed by atoms with E-state index in [2.05, 4.69) is 0 Å². The third kappa shape index (κ3) is 4.57. The van der Waals surface area contributed by atoms with Crippen LogP contribution in [0.15, 0.2) is 47.4 Å². The van der Waals surface area contributed by atoms with Gasteiger partial charge in [0.25, 0.3) is 0 Å². The number of benzene rings is 2. The normalized spacial score (nSPS) is 13.1. The van der Waals surface area contributed by atoms with Gasteiger partial charge in [0.15, 0.2) is 0 Å². The van der Waals surface area contributed by atoms with E-state index in [1.54, 1.807) is 39.8 Å². The molecular formula is C21H27NO4S. The summed E-state index contributed by atoms with van der Waals surface area (Å²) < 4.78 is 28.3. The molecule has 0 fully saturated rings. The smallest absolute Gasteiger partial charge is 0.322 e. The summed E-state index contributed by atoms with van der Waals surface area (Å²) in [6, 6.07) is 11.5. The summed E-state index contributed by atoms with van der Waals surface area (Å²) in [6.07, 6.45) is 0. The van der Waals surface area contributed by atoms with Crippen molar-refractivity contribution in [1.82, 2.24) is 4.31 Å². The minimum absolute atomic E-state index is 0.00504. The van der Waals surface area contributed by atoms with Gasteiger partial charge in [-0.2, -0.15) is 4.31 Å². The maximum Gasteiger partial charge on any atom is 0.322 e. The molecule has 2 rings (SSSR count). The van der Waals surface area contributed by atoms with Crippen molar-refractivity contribution in [2.45, 2.75) is 52.1 Å². The molecule has 0 aliphatic rings. The predicted molar refractivity (Wildman–Crippen MR) is 106 cm³/mol. The monoisotopic (exact) mass is 389 g/mol. The van der Waals surface area contributed by atoms with Gasteiger partial charge in [-0.1, -0.05) is 61.9 Å². The Labute approximate surface area is 161 Å². The fourth-order valence-electron chi connectivity index (χ4n) is 3.53. The molecule has 0 bridgehead atoms. The molecule has 0 amide bonds. The van der Waals surface area contributed by atoms with Crippen LogP contribution in [0.1, 0.15) is 36.1 Å². The first-order valence-corrected chi connectivity index (χ1v) is 10.4. The van der Waals surface area contributed by atoms with E-state index in [1.165, 1.54) is 0 Å². The highest BCUT2D eigenvalue weighted by Gasteiger charge is 2.39. The number of aliphatic carboxylic acids is 1. The summed E-state index contributed by atoms with van der Waals surface area (Å²) in [5, 5.41) is 9.78. The third-order valence-corrected chi connectivity index (χ3v) is 6.68. The van der Waals surface area contributed by atoms with Crippen LogP contribution >= 0.6 is 0 Å². The number of carboxylic acid groups (broad SMARTS) is 1. The van der Waals surface area contributed by atoms with Gasteiger partial charge in [0, 0.05) is 6.54 Å². The van der Waals surface area contributed by atoms with Crippen molar-refractivity contribution < 1.29 is 18.3 Å². The van der Waals surface area contributed by atoms with Gasteiger partial charge in [-0.15, -0.1) is 0 Å². The maximum atomic E-state index is 13.6. The molecule has 0 aromatic heterocycles. The molecule has 1 atom stereocenters. The van der Waals surface area contributed by atoms with E-state index in [0.717, 1.165) is 15.4 Å². The number of rotatable bonds is 7. The lowest BCUT2D eigenvalue weighted by molar-refractivity contribution is -0.143. The molecule has 27 heavy (non-hydrogen) atoms. The fourth-order valence-corrected chi connectivity index (χ4v) is 5.65. The standard InChI is InChI=1S/C21H27NO4S/c1-14(2)19(21(23)24)22(13-18-9-7-6-8-10-18)27(25,26)20-16(4)11-15(3)12-17(20)5/h6-12,14,19H,13H2,1-5H3,(H,23,24)/t19-/m0/s1. The Balaban J connectivity index is 2.66. The molecule has 0 saturated carbocycles. The number of hydrogen-bond donors (Lipinski definition) is 1. The number of hydrogen-bond acceptors (Lipinski definition) is 3. The van der Waals surface area contributed by atoms with E-state index in [1.807, 2.05) is 37.3 Å². The van der Waals surface area contributed by atoms with E-state index in [4.69, 9.17) is 0 Å². The van der Waals surface area contributed by atoms with E-state index < -0.39 is 22.0 Å². The number of nitrogens with zero attached hydrogens (tertiary/aromatic N) is 1. The van der Waals surface area contributed by atoms with Gasteiger partial charge in [-0.25, -0.2) is 8.42 Å². The minimum atomic E-state index is -4.01. The first-order valence-electron chi connectivity index (χ1n) is 8.92. The maximum absolute atomic E-state index is 13.6. The number of aryl methyl sites for hydroxylation is 3. The summed E-state index contributed by atoms with van der Waals surface area (Å²) in [5.41, 5.74) is 2.96. The molecule has 2 aromatic rings. The lowest BCUT2D eigenvalue weighted by atomic mass is 10.0. The molecular weight excluding hydrogens is 362 g/mol. The summed E-state index contributed by atoms with van der Waals surface area (Å²) in [7, 11) is -4.01. The zero-order chi connectivity index (χ0) is 20.4. The highest BCUT2D eigenvalue weighted by atomic mass is 32.2. The molecule has 1 N–H and O–H groups in total. The molecule has 5 nitrogen and oxygen atoms in total. The van der Waals surface area contributed by atoms with Gasteiger partial charge in [-0.05, 0) is 43.4 Å². The van der Waals surface area contributed by atoms with Crippen molar-refractivity contribution in [3.63, 3.8) is 0 Å². The van der Waals surface area contributed by atoms with Gasteiger partial charge in [0.1, 0.15) is 6.04 Å². The molecule has 0 radical (unpaired) electrons.